The fourth-order valence-corrected chi connectivity index (χ4v) is 3.04. The molecule has 0 saturated heterocycles. The van der Waals surface area contributed by atoms with Gasteiger partial charge in [-0.25, -0.2) is 14.2 Å². The highest BCUT2D eigenvalue weighted by Gasteiger charge is 2.24. The van der Waals surface area contributed by atoms with Gasteiger partial charge in [-0.1, -0.05) is 23.7 Å². The van der Waals surface area contributed by atoms with Crippen molar-refractivity contribution >= 4 is 45.3 Å². The summed E-state index contributed by atoms with van der Waals surface area (Å²) in [5, 5.41) is -0.401. The molecule has 0 aliphatic rings. The molecule has 0 bridgehead atoms. The molecular formula is C17H11ClFN3O3. The first-order chi connectivity index (χ1) is 12.0. The maximum absolute atomic E-state index is 13.9. The van der Waals surface area contributed by atoms with E-state index in [2.05, 4.69) is 9.97 Å². The van der Waals surface area contributed by atoms with Gasteiger partial charge in [-0.3, -0.25) is 9.20 Å². The van der Waals surface area contributed by atoms with Crippen LogP contribution in [0.3, 0.4) is 0 Å². The van der Waals surface area contributed by atoms with E-state index < -0.39 is 17.2 Å². The van der Waals surface area contributed by atoms with Crippen LogP contribution in [0.15, 0.2) is 35.1 Å². The average molecular weight is 360 g/mol. The van der Waals surface area contributed by atoms with Gasteiger partial charge < -0.3 is 9.72 Å². The Kier molecular flexibility index (Phi) is 3.47. The Morgan fingerprint density at radius 2 is 2.16 bits per heavy atom. The summed E-state index contributed by atoms with van der Waals surface area (Å²) in [5.41, 5.74) is 0.881. The van der Waals surface area contributed by atoms with Gasteiger partial charge in [0, 0.05) is 0 Å². The number of ether oxygens (including phenoxy) is 1. The molecule has 3 aromatic heterocycles. The van der Waals surface area contributed by atoms with E-state index in [4.69, 9.17) is 16.3 Å². The van der Waals surface area contributed by atoms with Crippen molar-refractivity contribution in [3.63, 3.8) is 0 Å². The molecule has 1 N–H and O–H groups in total. The molecule has 25 heavy (non-hydrogen) atoms. The minimum absolute atomic E-state index is 0.0489. The molecule has 0 radical (unpaired) electrons. The largest absolute Gasteiger partial charge is 0.462 e. The predicted molar refractivity (Wildman–Crippen MR) is 91.7 cm³/mol. The number of para-hydroxylation sites is 2. The summed E-state index contributed by atoms with van der Waals surface area (Å²) in [6.07, 6.45) is 0. The lowest BCUT2D eigenvalue weighted by atomic mass is 10.2. The van der Waals surface area contributed by atoms with Gasteiger partial charge in [-0.05, 0) is 25.1 Å². The second-order valence-electron chi connectivity index (χ2n) is 5.38. The number of halogens is 2. The number of pyridine rings is 2. The number of aromatic nitrogens is 3. The van der Waals surface area contributed by atoms with Crippen LogP contribution in [0.1, 0.15) is 17.3 Å². The molecule has 4 aromatic rings. The number of aromatic amines is 1. The second-order valence-corrected chi connectivity index (χ2v) is 5.74. The number of benzene rings is 1. The highest BCUT2D eigenvalue weighted by atomic mass is 35.5. The van der Waals surface area contributed by atoms with Crippen LogP contribution < -0.4 is 5.43 Å². The fourth-order valence-electron chi connectivity index (χ4n) is 2.90. The van der Waals surface area contributed by atoms with Gasteiger partial charge >= 0.3 is 5.97 Å². The molecular weight excluding hydrogens is 349 g/mol. The van der Waals surface area contributed by atoms with Crippen molar-refractivity contribution in [2.24, 2.45) is 0 Å². The zero-order valence-electron chi connectivity index (χ0n) is 13.0. The summed E-state index contributed by atoms with van der Waals surface area (Å²) in [4.78, 5) is 32.2. The number of fused-ring (bicyclic) bond motifs is 5. The molecule has 0 amide bonds. The van der Waals surface area contributed by atoms with Crippen LogP contribution in [0.4, 0.5) is 4.39 Å². The van der Waals surface area contributed by atoms with Crippen LogP contribution in [-0.2, 0) is 4.74 Å². The van der Waals surface area contributed by atoms with Crippen molar-refractivity contribution in [2.45, 2.75) is 6.92 Å². The maximum atomic E-state index is 13.9. The molecule has 126 valence electrons. The van der Waals surface area contributed by atoms with Gasteiger partial charge in [0.05, 0.1) is 23.0 Å². The number of hydrogen-bond donors (Lipinski definition) is 1. The van der Waals surface area contributed by atoms with Gasteiger partial charge in [-0.2, -0.15) is 0 Å². The van der Waals surface area contributed by atoms with Crippen LogP contribution in [0.25, 0.3) is 27.7 Å². The van der Waals surface area contributed by atoms with Gasteiger partial charge in [-0.15, -0.1) is 0 Å². The van der Waals surface area contributed by atoms with Crippen LogP contribution >= 0.6 is 11.6 Å². The Balaban J connectivity index is 2.31. The highest BCUT2D eigenvalue weighted by Crippen LogP contribution is 2.25. The molecule has 0 spiro atoms. The predicted octanol–water partition coefficient (Wildman–Crippen LogP) is 3.30. The molecule has 0 unspecified atom stereocenters. The third kappa shape index (κ3) is 2.20. The fraction of sp³-hybridized carbons (Fsp3) is 0.118. The first-order valence-electron chi connectivity index (χ1n) is 7.51. The van der Waals surface area contributed by atoms with Gasteiger partial charge in [0.25, 0.3) is 0 Å². The number of H-pyrrole nitrogens is 1. The SMILES string of the molecule is CCOC(=O)c1c(=O)c2cc(F)c(Cl)nc2n2c1[nH]c1ccccc12. The molecule has 0 atom stereocenters. The van der Waals surface area contributed by atoms with E-state index in [1.54, 1.807) is 29.5 Å². The molecule has 8 heteroatoms. The number of hydrogen-bond acceptors (Lipinski definition) is 4. The number of carbonyl (C=O) groups is 1. The Morgan fingerprint density at radius 3 is 2.92 bits per heavy atom. The van der Waals surface area contributed by atoms with E-state index >= 15 is 0 Å². The molecule has 0 fully saturated rings. The zero-order chi connectivity index (χ0) is 17.7. The van der Waals surface area contributed by atoms with E-state index in [0.717, 1.165) is 6.07 Å². The second kappa shape index (κ2) is 5.56. The maximum Gasteiger partial charge on any atom is 0.345 e. The van der Waals surface area contributed by atoms with E-state index in [-0.39, 0.29) is 34.0 Å². The van der Waals surface area contributed by atoms with E-state index in [1.807, 2.05) is 6.07 Å². The Labute approximate surface area is 144 Å². The van der Waals surface area contributed by atoms with Crippen molar-refractivity contribution in [3.8, 4) is 0 Å². The van der Waals surface area contributed by atoms with Gasteiger partial charge in [0.15, 0.2) is 16.6 Å². The molecule has 6 nitrogen and oxygen atoms in total. The van der Waals surface area contributed by atoms with Crippen LogP contribution in [0, 0.1) is 5.82 Å². The lowest BCUT2D eigenvalue weighted by Gasteiger charge is -2.08. The van der Waals surface area contributed by atoms with Crippen molar-refractivity contribution < 1.29 is 13.9 Å². The molecule has 0 aliphatic heterocycles. The number of esters is 1. The molecule has 1 aromatic carbocycles. The Hall–Kier alpha value is -2.93. The molecule has 4 rings (SSSR count). The summed E-state index contributed by atoms with van der Waals surface area (Å²) in [7, 11) is 0. The molecule has 0 aliphatic carbocycles. The number of nitrogens with one attached hydrogen (secondary N) is 1. The van der Waals surface area contributed by atoms with E-state index in [1.165, 1.54) is 0 Å². The average Bonchev–Trinajstić information content (AvgIpc) is 2.96. The first-order valence-corrected chi connectivity index (χ1v) is 7.89. The number of rotatable bonds is 2. The Bertz CT molecular complexity index is 1230. The van der Waals surface area contributed by atoms with Crippen molar-refractivity contribution in [1.82, 2.24) is 14.4 Å². The minimum atomic E-state index is -0.833. The lowest BCUT2D eigenvalue weighted by Crippen LogP contribution is -2.21. The van der Waals surface area contributed by atoms with Crippen LogP contribution in [0.5, 0.6) is 0 Å². The van der Waals surface area contributed by atoms with E-state index in [0.29, 0.717) is 11.0 Å². The number of carbonyl (C=O) groups excluding carboxylic acids is 1. The third-order valence-electron chi connectivity index (χ3n) is 3.93. The lowest BCUT2D eigenvalue weighted by molar-refractivity contribution is 0.0527. The van der Waals surface area contributed by atoms with Gasteiger partial charge in [0.1, 0.15) is 11.2 Å². The monoisotopic (exact) mass is 359 g/mol. The molecule has 0 saturated carbocycles. The summed E-state index contributed by atoms with van der Waals surface area (Å²) >= 11 is 5.81. The van der Waals surface area contributed by atoms with Crippen molar-refractivity contribution in [1.29, 1.82) is 0 Å². The van der Waals surface area contributed by atoms with Crippen molar-refractivity contribution in [3.05, 3.63) is 57.1 Å². The summed E-state index contributed by atoms with van der Waals surface area (Å²) in [5.74, 6) is -1.62. The molecule has 3 heterocycles. The summed E-state index contributed by atoms with van der Waals surface area (Å²) in [6.45, 7) is 1.75. The van der Waals surface area contributed by atoms with Crippen LogP contribution in [0.2, 0.25) is 5.15 Å². The highest BCUT2D eigenvalue weighted by molar-refractivity contribution is 6.30. The quantitative estimate of drug-likeness (QED) is 0.440. The third-order valence-corrected chi connectivity index (χ3v) is 4.20. The van der Waals surface area contributed by atoms with Crippen molar-refractivity contribution in [2.75, 3.05) is 6.61 Å². The Morgan fingerprint density at radius 1 is 1.40 bits per heavy atom. The standard InChI is InChI=1S/C17H11ClFN3O3/c1-2-25-17(24)12-13(23)8-7-9(19)14(18)21-15(8)22-11-6-4-3-5-10(11)20-16(12)22/h3-7,20H,2H2,1H3. The number of nitrogens with zero attached hydrogens (tertiary/aromatic N) is 2. The summed E-state index contributed by atoms with van der Waals surface area (Å²) < 4.78 is 20.5. The van der Waals surface area contributed by atoms with E-state index in [9.17, 15) is 14.0 Å². The first kappa shape index (κ1) is 15.6. The minimum Gasteiger partial charge on any atom is -0.462 e. The normalized spacial score (nSPS) is 11.5. The zero-order valence-corrected chi connectivity index (χ0v) is 13.7. The summed E-state index contributed by atoms with van der Waals surface area (Å²) in [6, 6.07) is 8.18. The topological polar surface area (TPSA) is 76.5 Å². The number of imidazole rings is 1. The smallest absolute Gasteiger partial charge is 0.345 e. The van der Waals surface area contributed by atoms with Crippen LogP contribution in [-0.4, -0.2) is 26.9 Å². The van der Waals surface area contributed by atoms with Gasteiger partial charge in [0.2, 0.25) is 5.43 Å².